The van der Waals surface area contributed by atoms with Crippen LogP contribution in [0.25, 0.3) is 44.2 Å². The Balaban J connectivity index is 1.41. The van der Waals surface area contributed by atoms with Crippen LogP contribution in [0.5, 0.6) is 0 Å². The van der Waals surface area contributed by atoms with Crippen LogP contribution in [0.15, 0.2) is 126 Å². The lowest BCUT2D eigenvalue weighted by molar-refractivity contribution is 0.665. The molecule has 0 atom stereocenters. The first kappa shape index (κ1) is 18.7. The SMILES string of the molecule is c1ccc(-c2ccc(Cc3cccc4c3oc3c(-c5ccccc5)cccc34)cc2)cc1. The lowest BCUT2D eigenvalue weighted by Gasteiger charge is -2.06. The van der Waals surface area contributed by atoms with Gasteiger partial charge in [-0.15, -0.1) is 0 Å². The van der Waals surface area contributed by atoms with E-state index in [9.17, 15) is 0 Å². The molecule has 152 valence electrons. The molecule has 0 saturated carbocycles. The van der Waals surface area contributed by atoms with Crippen molar-refractivity contribution in [3.05, 3.63) is 132 Å². The van der Waals surface area contributed by atoms with Crippen LogP contribution >= 0.6 is 0 Å². The molecule has 1 heterocycles. The summed E-state index contributed by atoms with van der Waals surface area (Å²) in [7, 11) is 0. The average Bonchev–Trinajstić information content (AvgIpc) is 3.26. The quantitative estimate of drug-likeness (QED) is 0.284. The number of hydrogen-bond acceptors (Lipinski definition) is 1. The third-order valence-corrected chi connectivity index (χ3v) is 6.15. The van der Waals surface area contributed by atoms with Crippen molar-refractivity contribution in [2.45, 2.75) is 6.42 Å². The maximum atomic E-state index is 6.53. The third-order valence-electron chi connectivity index (χ3n) is 6.15. The smallest absolute Gasteiger partial charge is 0.143 e. The molecule has 0 spiro atoms. The maximum absolute atomic E-state index is 6.53. The Kier molecular flexibility index (Phi) is 4.58. The predicted octanol–water partition coefficient (Wildman–Crippen LogP) is 8.51. The molecule has 0 saturated heterocycles. The molecule has 6 rings (SSSR count). The first-order valence-electron chi connectivity index (χ1n) is 11.0. The fourth-order valence-corrected chi connectivity index (χ4v) is 4.53. The van der Waals surface area contributed by atoms with E-state index in [2.05, 4.69) is 115 Å². The van der Waals surface area contributed by atoms with E-state index in [0.717, 1.165) is 23.2 Å². The molecule has 0 bridgehead atoms. The number of benzene rings is 5. The summed E-state index contributed by atoms with van der Waals surface area (Å²) in [6.45, 7) is 0. The minimum absolute atomic E-state index is 0.840. The van der Waals surface area contributed by atoms with Crippen LogP contribution in [0.1, 0.15) is 11.1 Å². The van der Waals surface area contributed by atoms with Crippen LogP contribution in [-0.2, 0) is 6.42 Å². The van der Waals surface area contributed by atoms with Crippen molar-refractivity contribution in [2.24, 2.45) is 0 Å². The zero-order chi connectivity index (χ0) is 21.3. The second-order valence-corrected chi connectivity index (χ2v) is 8.18. The van der Waals surface area contributed by atoms with Crippen molar-refractivity contribution in [3.8, 4) is 22.3 Å². The van der Waals surface area contributed by atoms with E-state index in [4.69, 9.17) is 4.42 Å². The third kappa shape index (κ3) is 3.29. The lowest BCUT2D eigenvalue weighted by Crippen LogP contribution is -1.89. The summed E-state index contributed by atoms with van der Waals surface area (Å²) in [6.07, 6.45) is 0.840. The molecule has 1 nitrogen and oxygen atoms in total. The Morgan fingerprint density at radius 2 is 1.03 bits per heavy atom. The number of furan rings is 1. The van der Waals surface area contributed by atoms with E-state index >= 15 is 0 Å². The first-order chi connectivity index (χ1) is 15.9. The van der Waals surface area contributed by atoms with E-state index < -0.39 is 0 Å². The number of rotatable bonds is 4. The lowest BCUT2D eigenvalue weighted by atomic mass is 9.98. The standard InChI is InChI=1S/C31H22O/c1-3-9-23(10-4-1)24-19-17-22(18-20-24)21-26-13-7-15-28-29-16-8-14-27(31(29)32-30(26)28)25-11-5-2-6-12-25/h1-20H,21H2. The van der Waals surface area contributed by atoms with Gasteiger partial charge in [0.15, 0.2) is 0 Å². The molecule has 5 aromatic carbocycles. The highest BCUT2D eigenvalue weighted by molar-refractivity contribution is 6.10. The van der Waals surface area contributed by atoms with Gasteiger partial charge in [0.05, 0.1) is 0 Å². The minimum Gasteiger partial charge on any atom is -0.455 e. The van der Waals surface area contributed by atoms with Crippen LogP contribution in [0.3, 0.4) is 0 Å². The van der Waals surface area contributed by atoms with E-state index in [1.807, 2.05) is 6.07 Å². The van der Waals surface area contributed by atoms with Gasteiger partial charge >= 0.3 is 0 Å². The minimum atomic E-state index is 0.840. The predicted molar refractivity (Wildman–Crippen MR) is 134 cm³/mol. The Morgan fingerprint density at radius 1 is 0.438 bits per heavy atom. The monoisotopic (exact) mass is 410 g/mol. The van der Waals surface area contributed by atoms with Crippen LogP contribution in [0.2, 0.25) is 0 Å². The molecule has 1 heteroatoms. The summed E-state index contributed by atoms with van der Waals surface area (Å²) in [5, 5.41) is 2.35. The van der Waals surface area contributed by atoms with Gasteiger partial charge in [-0.2, -0.15) is 0 Å². The van der Waals surface area contributed by atoms with E-state index in [-0.39, 0.29) is 0 Å². The van der Waals surface area contributed by atoms with Crippen molar-refractivity contribution in [1.82, 2.24) is 0 Å². The topological polar surface area (TPSA) is 13.1 Å². The van der Waals surface area contributed by atoms with Crippen molar-refractivity contribution >= 4 is 21.9 Å². The van der Waals surface area contributed by atoms with Gasteiger partial charge in [-0.3, -0.25) is 0 Å². The van der Waals surface area contributed by atoms with Crippen LogP contribution < -0.4 is 0 Å². The molecule has 0 radical (unpaired) electrons. The molecule has 0 aliphatic rings. The van der Waals surface area contributed by atoms with E-state index in [0.29, 0.717) is 0 Å². The Morgan fingerprint density at radius 3 is 1.75 bits per heavy atom. The number of hydrogen-bond donors (Lipinski definition) is 0. The molecule has 0 amide bonds. The summed E-state index contributed by atoms with van der Waals surface area (Å²) >= 11 is 0. The highest BCUT2D eigenvalue weighted by atomic mass is 16.3. The van der Waals surface area contributed by atoms with Crippen molar-refractivity contribution in [2.75, 3.05) is 0 Å². The average molecular weight is 411 g/mol. The first-order valence-corrected chi connectivity index (χ1v) is 11.0. The zero-order valence-corrected chi connectivity index (χ0v) is 17.7. The van der Waals surface area contributed by atoms with E-state index in [1.165, 1.54) is 38.6 Å². The van der Waals surface area contributed by atoms with Crippen molar-refractivity contribution < 1.29 is 4.42 Å². The fourth-order valence-electron chi connectivity index (χ4n) is 4.53. The normalized spacial score (nSPS) is 11.2. The summed E-state index contributed by atoms with van der Waals surface area (Å²) < 4.78 is 6.53. The molecule has 0 unspecified atom stereocenters. The maximum Gasteiger partial charge on any atom is 0.143 e. The number of para-hydroxylation sites is 2. The summed E-state index contributed by atoms with van der Waals surface area (Å²) in [6, 6.07) is 42.7. The molecule has 0 fully saturated rings. The van der Waals surface area contributed by atoms with Gasteiger partial charge in [-0.1, -0.05) is 121 Å². The van der Waals surface area contributed by atoms with Crippen molar-refractivity contribution in [3.63, 3.8) is 0 Å². The van der Waals surface area contributed by atoms with Gasteiger partial charge in [-0.05, 0) is 27.8 Å². The second-order valence-electron chi connectivity index (χ2n) is 8.18. The largest absolute Gasteiger partial charge is 0.455 e. The Bertz CT molecular complexity index is 1510. The molecular weight excluding hydrogens is 388 g/mol. The van der Waals surface area contributed by atoms with Gasteiger partial charge in [0.25, 0.3) is 0 Å². The fraction of sp³-hybridized carbons (Fsp3) is 0.0323. The number of fused-ring (bicyclic) bond motifs is 3. The van der Waals surface area contributed by atoms with Crippen molar-refractivity contribution in [1.29, 1.82) is 0 Å². The molecule has 0 aliphatic carbocycles. The Hall–Kier alpha value is -4.10. The molecule has 1 aromatic heterocycles. The molecule has 0 N–H and O–H groups in total. The second kappa shape index (κ2) is 7.86. The van der Waals surface area contributed by atoms with Gasteiger partial charge in [-0.25, -0.2) is 0 Å². The van der Waals surface area contributed by atoms with Crippen LogP contribution in [0, 0.1) is 0 Å². The van der Waals surface area contributed by atoms with Crippen LogP contribution in [-0.4, -0.2) is 0 Å². The van der Waals surface area contributed by atoms with Gasteiger partial charge in [0.1, 0.15) is 11.2 Å². The zero-order valence-electron chi connectivity index (χ0n) is 17.7. The van der Waals surface area contributed by atoms with Gasteiger partial charge in [0.2, 0.25) is 0 Å². The van der Waals surface area contributed by atoms with Crippen LogP contribution in [0.4, 0.5) is 0 Å². The Labute approximate surface area is 187 Å². The van der Waals surface area contributed by atoms with E-state index in [1.54, 1.807) is 0 Å². The molecule has 6 aromatic rings. The van der Waals surface area contributed by atoms with Gasteiger partial charge < -0.3 is 4.42 Å². The molecule has 0 aliphatic heterocycles. The molecule has 32 heavy (non-hydrogen) atoms. The van der Waals surface area contributed by atoms with Gasteiger partial charge in [0, 0.05) is 22.8 Å². The highest BCUT2D eigenvalue weighted by Gasteiger charge is 2.14. The summed E-state index contributed by atoms with van der Waals surface area (Å²) in [5.74, 6) is 0. The highest BCUT2D eigenvalue weighted by Crippen LogP contribution is 2.37. The summed E-state index contributed by atoms with van der Waals surface area (Å²) in [4.78, 5) is 0. The molecular formula is C31H22O. The summed E-state index contributed by atoms with van der Waals surface area (Å²) in [5.41, 5.74) is 9.23.